The number of anilines is 1. The first-order valence-corrected chi connectivity index (χ1v) is 7.61. The minimum Gasteiger partial charge on any atom is -0.427 e. The third-order valence-corrected chi connectivity index (χ3v) is 4.76. The molecule has 2 saturated heterocycles. The summed E-state index contributed by atoms with van der Waals surface area (Å²) in [6, 6.07) is 6.15. The molecule has 7 heteroatoms. The van der Waals surface area contributed by atoms with Crippen LogP contribution in [0.3, 0.4) is 0 Å². The zero-order valence-corrected chi connectivity index (χ0v) is 12.8. The molecule has 0 radical (unpaired) electrons. The van der Waals surface area contributed by atoms with Crippen molar-refractivity contribution < 1.29 is 29.0 Å². The molecule has 4 atom stereocenters. The molecule has 0 saturated carbocycles. The van der Waals surface area contributed by atoms with Crippen molar-refractivity contribution in [3.05, 3.63) is 36.4 Å². The predicted molar refractivity (Wildman–Crippen MR) is 81.1 cm³/mol. The van der Waals surface area contributed by atoms with E-state index in [0.717, 1.165) is 4.90 Å². The lowest BCUT2D eigenvalue weighted by Gasteiger charge is -2.26. The van der Waals surface area contributed by atoms with Crippen molar-refractivity contribution in [2.75, 3.05) is 11.5 Å². The van der Waals surface area contributed by atoms with E-state index < -0.39 is 29.5 Å². The van der Waals surface area contributed by atoms with E-state index in [1.165, 1.54) is 19.1 Å². The average molecular weight is 329 g/mol. The van der Waals surface area contributed by atoms with Gasteiger partial charge in [-0.1, -0.05) is 12.2 Å². The van der Waals surface area contributed by atoms with Crippen LogP contribution >= 0.6 is 0 Å². The number of aliphatic hydroxyl groups excluding tert-OH is 1. The number of hydrogen-bond acceptors (Lipinski definition) is 6. The van der Waals surface area contributed by atoms with E-state index in [2.05, 4.69) is 0 Å². The molecule has 3 aliphatic heterocycles. The second kappa shape index (κ2) is 4.99. The molecule has 2 bridgehead atoms. The summed E-state index contributed by atoms with van der Waals surface area (Å²) >= 11 is 0. The lowest BCUT2D eigenvalue weighted by molar-refractivity contribution is -0.132. The van der Waals surface area contributed by atoms with Crippen LogP contribution in [0.5, 0.6) is 5.75 Å². The van der Waals surface area contributed by atoms with E-state index in [1.807, 2.05) is 0 Å². The van der Waals surface area contributed by atoms with Crippen molar-refractivity contribution in [3.63, 3.8) is 0 Å². The first-order valence-electron chi connectivity index (χ1n) is 7.61. The molecule has 4 rings (SSSR count). The Balaban J connectivity index is 1.65. The molecule has 0 unspecified atom stereocenters. The summed E-state index contributed by atoms with van der Waals surface area (Å²) in [7, 11) is 0. The summed E-state index contributed by atoms with van der Waals surface area (Å²) in [6.07, 6.45) is 2.93. The highest BCUT2D eigenvalue weighted by molar-refractivity contribution is 6.23. The zero-order chi connectivity index (χ0) is 17.1. The van der Waals surface area contributed by atoms with E-state index in [1.54, 1.807) is 24.3 Å². The molecule has 1 aromatic rings. The number of imide groups is 1. The summed E-state index contributed by atoms with van der Waals surface area (Å²) < 4.78 is 10.6. The first kappa shape index (κ1) is 15.0. The number of hydrogen-bond donors (Lipinski definition) is 1. The highest BCUT2D eigenvalue weighted by Gasteiger charge is 2.67. The van der Waals surface area contributed by atoms with Crippen molar-refractivity contribution in [1.29, 1.82) is 0 Å². The third kappa shape index (κ3) is 1.88. The maximum absolute atomic E-state index is 12.8. The minimum absolute atomic E-state index is 0.336. The van der Waals surface area contributed by atoms with Crippen molar-refractivity contribution in [1.82, 2.24) is 0 Å². The molecule has 2 amide bonds. The fourth-order valence-corrected chi connectivity index (χ4v) is 3.77. The van der Waals surface area contributed by atoms with Gasteiger partial charge in [0, 0.05) is 6.92 Å². The van der Waals surface area contributed by atoms with E-state index in [0.29, 0.717) is 11.4 Å². The van der Waals surface area contributed by atoms with Crippen LogP contribution in [0.25, 0.3) is 0 Å². The number of rotatable bonds is 3. The molecular formula is C17H15NO6. The number of esters is 1. The monoisotopic (exact) mass is 329 g/mol. The molecule has 1 aromatic carbocycles. The summed E-state index contributed by atoms with van der Waals surface area (Å²) in [4.78, 5) is 37.6. The third-order valence-electron chi connectivity index (χ3n) is 4.76. The highest BCUT2D eigenvalue weighted by atomic mass is 16.5. The van der Waals surface area contributed by atoms with Gasteiger partial charge in [0.2, 0.25) is 11.8 Å². The van der Waals surface area contributed by atoms with Gasteiger partial charge in [-0.05, 0) is 24.3 Å². The van der Waals surface area contributed by atoms with Gasteiger partial charge in [0.1, 0.15) is 11.4 Å². The van der Waals surface area contributed by atoms with E-state index in [-0.39, 0.29) is 18.4 Å². The Hall–Kier alpha value is -2.51. The second-order valence-electron chi connectivity index (χ2n) is 6.16. The maximum Gasteiger partial charge on any atom is 0.308 e. The Morgan fingerprint density at radius 1 is 1.29 bits per heavy atom. The maximum atomic E-state index is 12.8. The van der Waals surface area contributed by atoms with E-state index in [4.69, 9.17) is 9.47 Å². The normalized spacial score (nSPS) is 33.2. The van der Waals surface area contributed by atoms with Crippen LogP contribution in [0.1, 0.15) is 6.92 Å². The SMILES string of the molecule is CC(=O)Oc1ccc(N2C(=O)[C@H]3[C@H]4C=C[C@@](CO)(O4)[C@H]3C2=O)cc1. The topological polar surface area (TPSA) is 93.1 Å². The molecular weight excluding hydrogens is 314 g/mol. The summed E-state index contributed by atoms with van der Waals surface area (Å²) in [5.41, 5.74) is -0.697. The van der Waals surface area contributed by atoms with Gasteiger partial charge in [-0.25, -0.2) is 4.90 Å². The molecule has 24 heavy (non-hydrogen) atoms. The Bertz CT molecular complexity index is 770. The molecule has 7 nitrogen and oxygen atoms in total. The number of amides is 2. The molecule has 0 aromatic heterocycles. The summed E-state index contributed by atoms with van der Waals surface area (Å²) in [6.45, 7) is 0.944. The van der Waals surface area contributed by atoms with Gasteiger partial charge in [0.25, 0.3) is 0 Å². The number of ether oxygens (including phenoxy) is 2. The summed E-state index contributed by atoms with van der Waals surface area (Å²) in [5.74, 6) is -2.15. The van der Waals surface area contributed by atoms with Crippen LogP contribution in [0, 0.1) is 11.8 Å². The average Bonchev–Trinajstić information content (AvgIpc) is 3.19. The van der Waals surface area contributed by atoms with Crippen LogP contribution in [-0.2, 0) is 19.1 Å². The molecule has 124 valence electrons. The Morgan fingerprint density at radius 3 is 2.62 bits per heavy atom. The second-order valence-corrected chi connectivity index (χ2v) is 6.16. The minimum atomic E-state index is -1.10. The Kier molecular flexibility index (Phi) is 3.13. The standard InChI is InChI=1S/C17H15NO6/c1-9(20)23-11-4-2-10(3-5-11)18-15(21)13-12-6-7-17(8-19,24-12)14(13)16(18)22/h2-7,12-14,19H,8H2,1H3/t12-,13+,14-,17+/m1/s1. The van der Waals surface area contributed by atoms with Gasteiger partial charge in [-0.15, -0.1) is 0 Å². The molecule has 3 aliphatic rings. The number of carbonyl (C=O) groups is 3. The molecule has 2 fully saturated rings. The lowest BCUT2D eigenvalue weighted by Crippen LogP contribution is -2.43. The Labute approximate surface area is 137 Å². The fourth-order valence-electron chi connectivity index (χ4n) is 3.77. The largest absolute Gasteiger partial charge is 0.427 e. The quantitative estimate of drug-likeness (QED) is 0.374. The number of benzene rings is 1. The molecule has 0 spiro atoms. The van der Waals surface area contributed by atoms with Crippen molar-refractivity contribution in [3.8, 4) is 5.75 Å². The molecule has 3 heterocycles. The van der Waals surface area contributed by atoms with Gasteiger partial charge in [-0.3, -0.25) is 14.4 Å². The molecule has 1 N–H and O–H groups in total. The highest BCUT2D eigenvalue weighted by Crippen LogP contribution is 2.52. The predicted octanol–water partition coefficient (Wildman–Crippen LogP) is 0.417. The van der Waals surface area contributed by atoms with E-state index >= 15 is 0 Å². The Morgan fingerprint density at radius 2 is 2.00 bits per heavy atom. The van der Waals surface area contributed by atoms with Crippen molar-refractivity contribution in [2.45, 2.75) is 18.6 Å². The summed E-state index contributed by atoms with van der Waals surface area (Å²) in [5, 5.41) is 9.66. The number of aliphatic hydroxyl groups is 1. The van der Waals surface area contributed by atoms with Crippen LogP contribution in [0.2, 0.25) is 0 Å². The van der Waals surface area contributed by atoms with Gasteiger partial charge >= 0.3 is 5.97 Å². The zero-order valence-electron chi connectivity index (χ0n) is 12.8. The number of carbonyl (C=O) groups excluding carboxylic acids is 3. The van der Waals surface area contributed by atoms with Crippen LogP contribution in [-0.4, -0.2) is 41.2 Å². The fraction of sp³-hybridized carbons (Fsp3) is 0.353. The van der Waals surface area contributed by atoms with Crippen LogP contribution < -0.4 is 9.64 Å². The first-order chi connectivity index (χ1) is 11.5. The van der Waals surface area contributed by atoms with Gasteiger partial charge in [0.15, 0.2) is 0 Å². The van der Waals surface area contributed by atoms with E-state index in [9.17, 15) is 19.5 Å². The lowest BCUT2D eigenvalue weighted by atomic mass is 9.77. The van der Waals surface area contributed by atoms with Gasteiger partial charge < -0.3 is 14.6 Å². The van der Waals surface area contributed by atoms with Crippen LogP contribution in [0.4, 0.5) is 5.69 Å². The molecule has 0 aliphatic carbocycles. The smallest absolute Gasteiger partial charge is 0.308 e. The number of fused-ring (bicyclic) bond motifs is 5. The van der Waals surface area contributed by atoms with Crippen molar-refractivity contribution >= 4 is 23.5 Å². The van der Waals surface area contributed by atoms with Crippen molar-refractivity contribution in [2.24, 2.45) is 11.8 Å². The number of nitrogens with zero attached hydrogens (tertiary/aromatic N) is 1. The van der Waals surface area contributed by atoms with Gasteiger partial charge in [0.05, 0.1) is 30.2 Å². The van der Waals surface area contributed by atoms with Gasteiger partial charge in [-0.2, -0.15) is 0 Å². The van der Waals surface area contributed by atoms with Crippen LogP contribution in [0.15, 0.2) is 36.4 Å².